The number of nitrogens with two attached hydrogens (primary N) is 1. The first-order valence-electron chi connectivity index (χ1n) is 2.77. The summed E-state index contributed by atoms with van der Waals surface area (Å²) in [6.07, 6.45) is 0. The molecular weight excluding hydrogens is 120 g/mol. The van der Waals surface area contributed by atoms with Crippen LogP contribution in [0.15, 0.2) is 0 Å². The van der Waals surface area contributed by atoms with Crippen molar-refractivity contribution in [2.24, 2.45) is 5.90 Å². The molecule has 0 bridgehead atoms. The van der Waals surface area contributed by atoms with Gasteiger partial charge in [-0.25, -0.2) is 0 Å². The zero-order chi connectivity index (χ0) is 7.71. The average molecular weight is 134 g/mol. The Morgan fingerprint density at radius 2 is 1.78 bits per heavy atom. The molecule has 4 nitrogen and oxygen atoms in total. The fourth-order valence-electron chi connectivity index (χ4n) is 0.158. The normalized spacial score (nSPS) is 19.3. The van der Waals surface area contributed by atoms with Gasteiger partial charge in [0.1, 0.15) is 12.6 Å². The predicted molar refractivity (Wildman–Crippen MR) is 34.6 cm³/mol. The van der Waals surface area contributed by atoms with Crippen molar-refractivity contribution >= 4 is 0 Å². The quantitative estimate of drug-likeness (QED) is 0.420. The van der Waals surface area contributed by atoms with E-state index >= 15 is 0 Å². The zero-order valence-corrected chi connectivity index (χ0v) is 6.34. The molecule has 56 valence electrons. The van der Waals surface area contributed by atoms with E-state index in [1.807, 2.05) is 0 Å². The molecule has 2 N–H and O–H groups in total. The molecular formula is C5H14N2O2. The van der Waals surface area contributed by atoms with Crippen molar-refractivity contribution in [3.63, 3.8) is 0 Å². The molecule has 0 heterocycles. The first-order valence-corrected chi connectivity index (χ1v) is 2.77. The molecule has 4 heteroatoms. The first-order chi connectivity index (χ1) is 3.81. The standard InChI is InChI=1S/C5H14N2O2/c1-5(2,3)7(4,8)9-6/h6H2,1-4H3. The lowest BCUT2D eigenvalue weighted by Gasteiger charge is -2.43. The van der Waals surface area contributed by atoms with Crippen LogP contribution in [-0.4, -0.2) is 17.4 Å². The summed E-state index contributed by atoms with van der Waals surface area (Å²) in [4.78, 5) is 3.30. The Balaban J connectivity index is 4.14. The van der Waals surface area contributed by atoms with Gasteiger partial charge in [-0.05, 0) is 20.8 Å². The highest BCUT2D eigenvalue weighted by Crippen LogP contribution is 2.18. The fraction of sp³-hybridized carbons (Fsp3) is 1.00. The van der Waals surface area contributed by atoms with E-state index in [2.05, 4.69) is 4.94 Å². The van der Waals surface area contributed by atoms with Crippen molar-refractivity contribution in [1.82, 2.24) is 0 Å². The molecule has 1 atom stereocenters. The average Bonchev–Trinajstić information content (AvgIpc) is 1.64. The molecule has 0 spiro atoms. The Bertz CT molecular complexity index is 95.6. The van der Waals surface area contributed by atoms with Crippen molar-refractivity contribution in [2.75, 3.05) is 7.05 Å². The van der Waals surface area contributed by atoms with Gasteiger partial charge in [-0.1, -0.05) is 0 Å². The Morgan fingerprint density at radius 3 is 1.78 bits per heavy atom. The van der Waals surface area contributed by atoms with E-state index in [9.17, 15) is 5.21 Å². The van der Waals surface area contributed by atoms with Gasteiger partial charge in [0.2, 0.25) is 0 Å². The first kappa shape index (κ1) is 8.84. The van der Waals surface area contributed by atoms with Crippen LogP contribution in [0.2, 0.25) is 0 Å². The molecule has 0 saturated carbocycles. The molecule has 0 aromatic rings. The lowest BCUT2D eigenvalue weighted by molar-refractivity contribution is -1.09. The van der Waals surface area contributed by atoms with Gasteiger partial charge in [-0.2, -0.15) is 10.7 Å². The molecule has 9 heavy (non-hydrogen) atoms. The smallest absolute Gasteiger partial charge is 0.122 e. The summed E-state index contributed by atoms with van der Waals surface area (Å²) in [5, 5.41) is 11.1. The summed E-state index contributed by atoms with van der Waals surface area (Å²) >= 11 is 0. The van der Waals surface area contributed by atoms with Crippen LogP contribution in [0.1, 0.15) is 20.8 Å². The molecule has 0 aromatic carbocycles. The van der Waals surface area contributed by atoms with Gasteiger partial charge in [-0.3, -0.25) is 0 Å². The topological polar surface area (TPSA) is 58.3 Å². The second kappa shape index (κ2) is 2.22. The lowest BCUT2D eigenvalue weighted by atomic mass is 10.1. The van der Waals surface area contributed by atoms with Gasteiger partial charge in [0, 0.05) is 0 Å². The van der Waals surface area contributed by atoms with E-state index in [1.54, 1.807) is 20.8 Å². The van der Waals surface area contributed by atoms with E-state index < -0.39 is 10.3 Å². The number of hydroxylamine groups is 4. The molecule has 0 aliphatic rings. The molecule has 0 aromatic heterocycles. The van der Waals surface area contributed by atoms with Crippen molar-refractivity contribution < 1.29 is 9.75 Å². The molecule has 0 saturated heterocycles. The van der Waals surface area contributed by atoms with Crippen LogP contribution < -0.4 is 5.90 Å². The van der Waals surface area contributed by atoms with Crippen LogP contribution in [-0.2, 0) is 4.94 Å². The number of quaternary nitrogens is 1. The molecule has 0 amide bonds. The molecule has 0 fully saturated rings. The van der Waals surface area contributed by atoms with Gasteiger partial charge >= 0.3 is 0 Å². The van der Waals surface area contributed by atoms with Gasteiger partial charge in [0.25, 0.3) is 0 Å². The zero-order valence-electron chi connectivity index (χ0n) is 6.34. The maximum Gasteiger partial charge on any atom is 0.122 e. The van der Waals surface area contributed by atoms with Crippen LogP contribution in [0, 0.1) is 5.21 Å². The highest BCUT2D eigenvalue weighted by molar-refractivity contribution is 4.57. The summed E-state index contributed by atoms with van der Waals surface area (Å²) in [6, 6.07) is 0. The molecule has 1 unspecified atom stereocenters. The SMILES string of the molecule is CC(C)(C)[N+](C)([O-])ON. The lowest BCUT2D eigenvalue weighted by Crippen LogP contribution is -2.53. The monoisotopic (exact) mass is 134 g/mol. The van der Waals surface area contributed by atoms with Crippen molar-refractivity contribution in [2.45, 2.75) is 26.3 Å². The van der Waals surface area contributed by atoms with Crippen molar-refractivity contribution in [3.8, 4) is 0 Å². The summed E-state index contributed by atoms with van der Waals surface area (Å²) < 4.78 is 0. The second-order valence-corrected chi connectivity index (χ2v) is 3.12. The molecule has 0 aliphatic carbocycles. The minimum atomic E-state index is -0.882. The summed E-state index contributed by atoms with van der Waals surface area (Å²) in [7, 11) is 1.36. The van der Waals surface area contributed by atoms with E-state index in [0.29, 0.717) is 0 Å². The van der Waals surface area contributed by atoms with Crippen LogP contribution in [0.5, 0.6) is 0 Å². The van der Waals surface area contributed by atoms with Crippen LogP contribution in [0.3, 0.4) is 0 Å². The number of nitrogens with zero attached hydrogens (tertiary/aromatic N) is 1. The van der Waals surface area contributed by atoms with Gasteiger partial charge in [-0.15, -0.1) is 4.94 Å². The third kappa shape index (κ3) is 1.91. The molecule has 0 rings (SSSR count). The third-order valence-electron chi connectivity index (χ3n) is 1.42. The van der Waals surface area contributed by atoms with Crippen molar-refractivity contribution in [1.29, 1.82) is 0 Å². The highest BCUT2D eigenvalue weighted by Gasteiger charge is 2.29. The minimum Gasteiger partial charge on any atom is -0.597 e. The van der Waals surface area contributed by atoms with Crippen LogP contribution in [0.25, 0.3) is 0 Å². The van der Waals surface area contributed by atoms with E-state index in [-0.39, 0.29) is 0 Å². The summed E-state index contributed by atoms with van der Waals surface area (Å²) in [6.45, 7) is 5.27. The largest absolute Gasteiger partial charge is 0.597 e. The fourth-order valence-corrected chi connectivity index (χ4v) is 0.158. The number of hydrogen-bond acceptors (Lipinski definition) is 3. The Labute approximate surface area is 55.3 Å². The Morgan fingerprint density at radius 1 is 1.44 bits per heavy atom. The third-order valence-corrected chi connectivity index (χ3v) is 1.42. The van der Waals surface area contributed by atoms with Crippen LogP contribution in [0.4, 0.5) is 0 Å². The molecule has 0 aliphatic heterocycles. The van der Waals surface area contributed by atoms with Gasteiger partial charge in [0.05, 0.1) is 0 Å². The van der Waals surface area contributed by atoms with Crippen LogP contribution >= 0.6 is 0 Å². The maximum atomic E-state index is 11.1. The Kier molecular flexibility index (Phi) is 2.19. The van der Waals surface area contributed by atoms with Gasteiger partial charge < -0.3 is 5.21 Å². The summed E-state index contributed by atoms with van der Waals surface area (Å²) in [5.74, 6) is 4.75. The number of rotatable bonds is 1. The maximum absolute atomic E-state index is 11.1. The van der Waals surface area contributed by atoms with Gasteiger partial charge in [0.15, 0.2) is 0 Å². The predicted octanol–water partition coefficient (Wildman–Crippen LogP) is 0.535. The highest BCUT2D eigenvalue weighted by atomic mass is 17.0. The Hall–Kier alpha value is -0.160. The number of hydrogen-bond donors (Lipinski definition) is 1. The van der Waals surface area contributed by atoms with E-state index in [4.69, 9.17) is 5.90 Å². The minimum absolute atomic E-state index is 0.519. The summed E-state index contributed by atoms with van der Waals surface area (Å²) in [5.41, 5.74) is -0.519. The van der Waals surface area contributed by atoms with E-state index in [0.717, 1.165) is 0 Å². The van der Waals surface area contributed by atoms with E-state index in [1.165, 1.54) is 7.05 Å². The second-order valence-electron chi connectivity index (χ2n) is 3.12. The van der Waals surface area contributed by atoms with Crippen molar-refractivity contribution in [3.05, 3.63) is 5.21 Å². The molecule has 0 radical (unpaired) electrons.